The molecule has 3 rings (SSSR count). The number of hydrogen-bond donors (Lipinski definition) is 0. The molecular weight excluding hydrogens is 240 g/mol. The molecule has 0 unspecified atom stereocenters. The van der Waals surface area contributed by atoms with Crippen molar-refractivity contribution in [1.82, 2.24) is 14.5 Å². The van der Waals surface area contributed by atoms with E-state index >= 15 is 0 Å². The molecule has 19 heavy (non-hydrogen) atoms. The van der Waals surface area contributed by atoms with Crippen molar-refractivity contribution in [2.75, 3.05) is 20.1 Å². The molecule has 0 N–H and O–H groups in total. The smallest absolute Gasteiger partial charge is 0.138 e. The van der Waals surface area contributed by atoms with Gasteiger partial charge in [-0.15, -0.1) is 0 Å². The summed E-state index contributed by atoms with van der Waals surface area (Å²) in [7, 11) is 2.13. The summed E-state index contributed by atoms with van der Waals surface area (Å²) in [5.41, 5.74) is 1.41. The van der Waals surface area contributed by atoms with E-state index in [-0.39, 0.29) is 6.10 Å². The number of rotatable bonds is 2. The minimum absolute atomic E-state index is 0.277. The zero-order valence-electron chi connectivity index (χ0n) is 10.9. The van der Waals surface area contributed by atoms with E-state index in [1.54, 1.807) is 10.7 Å². The molecule has 1 saturated heterocycles. The van der Waals surface area contributed by atoms with Crippen LogP contribution in [-0.2, 0) is 0 Å². The number of aromatic nitrogens is 2. The van der Waals surface area contributed by atoms with Crippen molar-refractivity contribution in [3.05, 3.63) is 30.1 Å². The van der Waals surface area contributed by atoms with Crippen LogP contribution < -0.4 is 4.74 Å². The van der Waals surface area contributed by atoms with Gasteiger partial charge < -0.3 is 9.64 Å². The molecule has 98 valence electrons. The van der Waals surface area contributed by atoms with Crippen molar-refractivity contribution in [3.63, 3.8) is 0 Å². The summed E-state index contributed by atoms with van der Waals surface area (Å²) >= 11 is 0. The maximum absolute atomic E-state index is 8.94. The average Bonchev–Trinajstić information content (AvgIpc) is 2.83. The van der Waals surface area contributed by atoms with Crippen LogP contribution in [0.1, 0.15) is 18.4 Å². The number of pyridine rings is 1. The Balaban J connectivity index is 1.77. The second-order valence-electron chi connectivity index (χ2n) is 4.99. The third-order valence-corrected chi connectivity index (χ3v) is 3.58. The summed E-state index contributed by atoms with van der Waals surface area (Å²) in [6.45, 7) is 2.15. The molecule has 1 aliphatic rings. The first-order chi connectivity index (χ1) is 9.26. The molecular formula is C14H16N4O. The monoisotopic (exact) mass is 256 g/mol. The number of fused-ring (bicyclic) bond motifs is 1. The van der Waals surface area contributed by atoms with Crippen LogP contribution in [0.5, 0.6) is 5.75 Å². The van der Waals surface area contributed by atoms with Crippen molar-refractivity contribution < 1.29 is 4.74 Å². The SMILES string of the molecule is CN1CCC(Oc2ccc3c(C#N)cnn3c2)CC1. The summed E-state index contributed by atoms with van der Waals surface area (Å²) in [6, 6.07) is 5.92. The van der Waals surface area contributed by atoms with E-state index in [4.69, 9.17) is 10.00 Å². The third-order valence-electron chi connectivity index (χ3n) is 3.58. The number of nitrogens with zero attached hydrogens (tertiary/aromatic N) is 4. The van der Waals surface area contributed by atoms with E-state index in [1.807, 2.05) is 18.3 Å². The summed E-state index contributed by atoms with van der Waals surface area (Å²) < 4.78 is 7.68. The maximum Gasteiger partial charge on any atom is 0.138 e. The van der Waals surface area contributed by atoms with Crippen molar-refractivity contribution in [2.45, 2.75) is 18.9 Å². The van der Waals surface area contributed by atoms with Gasteiger partial charge in [0.2, 0.25) is 0 Å². The fraction of sp³-hybridized carbons (Fsp3) is 0.429. The van der Waals surface area contributed by atoms with Gasteiger partial charge in [0.15, 0.2) is 0 Å². The van der Waals surface area contributed by atoms with Crippen LogP contribution in [0.2, 0.25) is 0 Å². The normalized spacial score (nSPS) is 17.5. The van der Waals surface area contributed by atoms with Crippen LogP contribution in [0.15, 0.2) is 24.5 Å². The summed E-state index contributed by atoms with van der Waals surface area (Å²) in [6.07, 6.45) is 5.80. The van der Waals surface area contributed by atoms with Gasteiger partial charge in [-0.25, -0.2) is 4.52 Å². The van der Waals surface area contributed by atoms with E-state index in [0.717, 1.165) is 37.2 Å². The zero-order valence-corrected chi connectivity index (χ0v) is 10.9. The topological polar surface area (TPSA) is 53.6 Å². The maximum atomic E-state index is 8.94. The molecule has 0 radical (unpaired) electrons. The van der Waals surface area contributed by atoms with Gasteiger partial charge in [0, 0.05) is 13.1 Å². The molecule has 2 aromatic heterocycles. The largest absolute Gasteiger partial charge is 0.489 e. The Bertz CT molecular complexity index is 620. The van der Waals surface area contributed by atoms with Crippen LogP contribution in [0.25, 0.3) is 5.52 Å². The predicted molar refractivity (Wildman–Crippen MR) is 71.1 cm³/mol. The average molecular weight is 256 g/mol. The van der Waals surface area contributed by atoms with Crippen LogP contribution >= 0.6 is 0 Å². The molecule has 0 amide bonds. The summed E-state index contributed by atoms with van der Waals surface area (Å²) in [5, 5.41) is 13.1. The first-order valence-electron chi connectivity index (χ1n) is 6.49. The van der Waals surface area contributed by atoms with Crippen molar-refractivity contribution in [2.24, 2.45) is 0 Å². The predicted octanol–water partition coefficient (Wildman–Crippen LogP) is 1.68. The molecule has 1 fully saturated rings. The first kappa shape index (κ1) is 12.0. The van der Waals surface area contributed by atoms with Crippen LogP contribution in [0.4, 0.5) is 0 Å². The number of piperidine rings is 1. The number of ether oxygens (including phenoxy) is 1. The minimum atomic E-state index is 0.277. The van der Waals surface area contributed by atoms with Gasteiger partial charge in [-0.3, -0.25) is 0 Å². The lowest BCUT2D eigenvalue weighted by Gasteiger charge is -2.29. The fourth-order valence-corrected chi connectivity index (χ4v) is 2.42. The van der Waals surface area contributed by atoms with Crippen molar-refractivity contribution in [1.29, 1.82) is 5.26 Å². The highest BCUT2D eigenvalue weighted by Gasteiger charge is 2.18. The zero-order chi connectivity index (χ0) is 13.2. The second kappa shape index (κ2) is 4.90. The lowest BCUT2D eigenvalue weighted by Crippen LogP contribution is -2.35. The van der Waals surface area contributed by atoms with Crippen LogP contribution in [0, 0.1) is 11.3 Å². The summed E-state index contributed by atoms with van der Waals surface area (Å²) in [5.74, 6) is 0.814. The Hall–Kier alpha value is -2.06. The van der Waals surface area contributed by atoms with Gasteiger partial charge in [-0.1, -0.05) is 0 Å². The molecule has 0 aliphatic carbocycles. The fourth-order valence-electron chi connectivity index (χ4n) is 2.42. The highest BCUT2D eigenvalue weighted by Crippen LogP contribution is 2.20. The van der Waals surface area contributed by atoms with E-state index in [2.05, 4.69) is 23.1 Å². The van der Waals surface area contributed by atoms with E-state index < -0.39 is 0 Å². The highest BCUT2D eigenvalue weighted by molar-refractivity contribution is 5.60. The molecule has 0 spiro atoms. The van der Waals surface area contributed by atoms with Crippen LogP contribution in [-0.4, -0.2) is 40.8 Å². The standard InChI is InChI=1S/C14H16N4O/c1-17-6-4-12(5-7-17)19-13-2-3-14-11(8-15)9-16-18(14)10-13/h2-3,9-10,12H,4-7H2,1H3. The Morgan fingerprint density at radius 2 is 2.16 bits per heavy atom. The molecule has 5 heteroatoms. The molecule has 2 aromatic rings. The number of hydrogen-bond acceptors (Lipinski definition) is 4. The molecule has 1 aliphatic heterocycles. The molecule has 0 atom stereocenters. The Morgan fingerprint density at radius 1 is 1.37 bits per heavy atom. The van der Waals surface area contributed by atoms with Crippen LogP contribution in [0.3, 0.4) is 0 Å². The Morgan fingerprint density at radius 3 is 2.89 bits per heavy atom. The van der Waals surface area contributed by atoms with Crippen molar-refractivity contribution >= 4 is 5.52 Å². The van der Waals surface area contributed by atoms with Gasteiger partial charge in [-0.2, -0.15) is 10.4 Å². The molecule has 0 aromatic carbocycles. The summed E-state index contributed by atoms with van der Waals surface area (Å²) in [4.78, 5) is 2.32. The molecule has 3 heterocycles. The second-order valence-corrected chi connectivity index (χ2v) is 4.99. The molecule has 0 bridgehead atoms. The van der Waals surface area contributed by atoms with Crippen molar-refractivity contribution in [3.8, 4) is 11.8 Å². The Labute approximate surface area is 112 Å². The number of nitriles is 1. The third kappa shape index (κ3) is 2.40. The van der Waals surface area contributed by atoms with E-state index in [9.17, 15) is 0 Å². The minimum Gasteiger partial charge on any atom is -0.489 e. The first-order valence-corrected chi connectivity index (χ1v) is 6.49. The lowest BCUT2D eigenvalue weighted by molar-refractivity contribution is 0.114. The molecule has 5 nitrogen and oxygen atoms in total. The Kier molecular flexibility index (Phi) is 3.10. The van der Waals surface area contributed by atoms with Gasteiger partial charge in [0.05, 0.1) is 23.5 Å². The highest BCUT2D eigenvalue weighted by atomic mass is 16.5. The molecule has 0 saturated carbocycles. The number of likely N-dealkylation sites (tertiary alicyclic amines) is 1. The quantitative estimate of drug-likeness (QED) is 0.820. The lowest BCUT2D eigenvalue weighted by atomic mass is 10.1. The van der Waals surface area contributed by atoms with Gasteiger partial charge >= 0.3 is 0 Å². The van der Waals surface area contributed by atoms with Gasteiger partial charge in [0.25, 0.3) is 0 Å². The van der Waals surface area contributed by atoms with E-state index in [0.29, 0.717) is 5.56 Å². The van der Waals surface area contributed by atoms with Gasteiger partial charge in [-0.05, 0) is 32.0 Å². The van der Waals surface area contributed by atoms with Gasteiger partial charge in [0.1, 0.15) is 17.9 Å². The van der Waals surface area contributed by atoms with E-state index in [1.165, 1.54) is 0 Å².